The molecular weight excluding hydrogens is 284 g/mol. The Hall–Kier alpha value is -1.92. The van der Waals surface area contributed by atoms with Crippen molar-refractivity contribution in [2.24, 2.45) is 0 Å². The maximum atomic E-state index is 12.6. The second-order valence-electron chi connectivity index (χ2n) is 6.49. The highest BCUT2D eigenvalue weighted by atomic mass is 16.8. The number of ether oxygens (including phenoxy) is 2. The molecule has 1 aromatic heterocycles. The van der Waals surface area contributed by atoms with Crippen LogP contribution in [0.2, 0.25) is 0 Å². The summed E-state index contributed by atoms with van der Waals surface area (Å²) >= 11 is 0. The molecular formula is C16H18N2O4. The number of benzene rings is 1. The highest BCUT2D eigenvalue weighted by Gasteiger charge is 2.48. The van der Waals surface area contributed by atoms with E-state index in [4.69, 9.17) is 9.47 Å². The fraction of sp³-hybridized carbons (Fsp3) is 0.500. The van der Waals surface area contributed by atoms with Gasteiger partial charge in [0.15, 0.2) is 5.79 Å². The lowest BCUT2D eigenvalue weighted by Gasteiger charge is -2.21. The van der Waals surface area contributed by atoms with E-state index in [-0.39, 0.29) is 29.5 Å². The quantitative estimate of drug-likeness (QED) is 0.867. The van der Waals surface area contributed by atoms with Gasteiger partial charge in [0.2, 0.25) is 0 Å². The molecule has 0 spiro atoms. The van der Waals surface area contributed by atoms with Crippen LogP contribution in [0.5, 0.6) is 0 Å². The number of hydrogen-bond acceptors (Lipinski definition) is 4. The average Bonchev–Trinajstić information content (AvgIpc) is 2.92. The van der Waals surface area contributed by atoms with Crippen molar-refractivity contribution in [3.05, 3.63) is 45.1 Å². The van der Waals surface area contributed by atoms with Crippen LogP contribution in [0, 0.1) is 0 Å². The number of H-pyrrole nitrogens is 1. The monoisotopic (exact) mass is 302 g/mol. The van der Waals surface area contributed by atoms with Gasteiger partial charge < -0.3 is 14.5 Å². The van der Waals surface area contributed by atoms with Crippen molar-refractivity contribution in [1.29, 1.82) is 0 Å². The van der Waals surface area contributed by atoms with E-state index in [0.29, 0.717) is 23.7 Å². The van der Waals surface area contributed by atoms with Gasteiger partial charge in [0.05, 0.1) is 23.1 Å². The Kier molecular flexibility index (Phi) is 2.83. The molecule has 2 aliphatic rings. The fourth-order valence-corrected chi connectivity index (χ4v) is 3.66. The van der Waals surface area contributed by atoms with Crippen LogP contribution >= 0.6 is 0 Å². The fourth-order valence-electron chi connectivity index (χ4n) is 3.66. The minimum Gasteiger partial charge on any atom is -0.345 e. The maximum absolute atomic E-state index is 12.6. The van der Waals surface area contributed by atoms with Gasteiger partial charge in [-0.1, -0.05) is 12.1 Å². The van der Waals surface area contributed by atoms with Crippen LogP contribution in [0.15, 0.2) is 33.9 Å². The molecule has 0 amide bonds. The average molecular weight is 302 g/mol. The second kappa shape index (κ2) is 4.54. The number of aromatic amines is 1. The molecule has 0 bridgehead atoms. The molecule has 0 radical (unpaired) electrons. The maximum Gasteiger partial charge on any atom is 0.329 e. The molecule has 1 aliphatic carbocycles. The van der Waals surface area contributed by atoms with Gasteiger partial charge in [-0.3, -0.25) is 9.36 Å². The van der Waals surface area contributed by atoms with E-state index >= 15 is 0 Å². The summed E-state index contributed by atoms with van der Waals surface area (Å²) in [7, 11) is 0. The van der Waals surface area contributed by atoms with Crippen molar-refractivity contribution >= 4 is 10.9 Å². The topological polar surface area (TPSA) is 73.3 Å². The number of fused-ring (bicyclic) bond motifs is 2. The molecule has 116 valence electrons. The first-order valence-corrected chi connectivity index (χ1v) is 7.54. The molecule has 4 rings (SSSR count). The zero-order chi connectivity index (χ0) is 15.5. The smallest absolute Gasteiger partial charge is 0.329 e. The molecule has 6 nitrogen and oxygen atoms in total. The summed E-state index contributed by atoms with van der Waals surface area (Å²) in [6, 6.07) is 6.87. The van der Waals surface area contributed by atoms with Crippen molar-refractivity contribution in [1.82, 2.24) is 9.55 Å². The van der Waals surface area contributed by atoms with Crippen LogP contribution in [0.25, 0.3) is 10.9 Å². The number of hydrogen-bond donors (Lipinski definition) is 1. The van der Waals surface area contributed by atoms with Crippen LogP contribution in [0.3, 0.4) is 0 Å². The largest absolute Gasteiger partial charge is 0.345 e. The van der Waals surface area contributed by atoms with Crippen molar-refractivity contribution < 1.29 is 9.47 Å². The third kappa shape index (κ3) is 2.02. The first kappa shape index (κ1) is 13.7. The van der Waals surface area contributed by atoms with E-state index in [1.807, 2.05) is 13.8 Å². The lowest BCUT2D eigenvalue weighted by molar-refractivity contribution is -0.153. The third-order valence-electron chi connectivity index (χ3n) is 4.50. The zero-order valence-electron chi connectivity index (χ0n) is 12.5. The Bertz CT molecular complexity index is 835. The van der Waals surface area contributed by atoms with Crippen molar-refractivity contribution in [3.63, 3.8) is 0 Å². The van der Waals surface area contributed by atoms with Gasteiger partial charge in [0.25, 0.3) is 5.56 Å². The molecule has 22 heavy (non-hydrogen) atoms. The summed E-state index contributed by atoms with van der Waals surface area (Å²) in [5, 5.41) is 0.529. The van der Waals surface area contributed by atoms with Gasteiger partial charge in [-0.25, -0.2) is 4.79 Å². The predicted octanol–water partition coefficient (Wildman–Crippen LogP) is 1.54. The summed E-state index contributed by atoms with van der Waals surface area (Å²) in [4.78, 5) is 27.7. The summed E-state index contributed by atoms with van der Waals surface area (Å²) in [5.74, 6) is -0.582. The van der Waals surface area contributed by atoms with Crippen LogP contribution in [-0.2, 0) is 9.47 Å². The Morgan fingerprint density at radius 3 is 2.45 bits per heavy atom. The minimum atomic E-state index is -0.582. The van der Waals surface area contributed by atoms with E-state index in [9.17, 15) is 9.59 Å². The molecule has 2 fully saturated rings. The van der Waals surface area contributed by atoms with Crippen LogP contribution in [0.4, 0.5) is 0 Å². The summed E-state index contributed by atoms with van der Waals surface area (Å²) in [6.45, 7) is 3.77. The highest BCUT2D eigenvalue weighted by Crippen LogP contribution is 2.42. The Balaban J connectivity index is 1.75. The summed E-state index contributed by atoms with van der Waals surface area (Å²) in [6.07, 6.45) is 1.13. The van der Waals surface area contributed by atoms with E-state index in [0.717, 1.165) is 0 Å². The molecule has 1 aromatic carbocycles. The summed E-state index contributed by atoms with van der Waals surface area (Å²) in [5.41, 5.74) is -0.0444. The first-order chi connectivity index (χ1) is 10.4. The lowest BCUT2D eigenvalue weighted by Crippen LogP contribution is -2.38. The van der Waals surface area contributed by atoms with Crippen LogP contribution in [0.1, 0.15) is 32.7 Å². The van der Waals surface area contributed by atoms with E-state index in [2.05, 4.69) is 4.98 Å². The Morgan fingerprint density at radius 1 is 1.14 bits per heavy atom. The van der Waals surface area contributed by atoms with E-state index in [1.165, 1.54) is 4.57 Å². The second-order valence-corrected chi connectivity index (χ2v) is 6.49. The van der Waals surface area contributed by atoms with Crippen LogP contribution in [-0.4, -0.2) is 27.5 Å². The predicted molar refractivity (Wildman–Crippen MR) is 80.9 cm³/mol. The van der Waals surface area contributed by atoms with Crippen molar-refractivity contribution in [2.75, 3.05) is 0 Å². The number of aromatic nitrogens is 2. The molecule has 1 saturated heterocycles. The lowest BCUT2D eigenvalue weighted by atomic mass is 10.2. The Labute approximate surface area is 126 Å². The van der Waals surface area contributed by atoms with Gasteiger partial charge >= 0.3 is 5.69 Å². The third-order valence-corrected chi connectivity index (χ3v) is 4.50. The SMILES string of the molecule is CC1(C)O[C@H]2CC(n3c(=O)[nH]c4ccccc4c3=O)C[C@H]2O1. The molecule has 1 N–H and O–H groups in total. The van der Waals surface area contributed by atoms with Gasteiger partial charge in [-0.2, -0.15) is 0 Å². The first-order valence-electron chi connectivity index (χ1n) is 7.54. The molecule has 3 atom stereocenters. The zero-order valence-corrected chi connectivity index (χ0v) is 12.5. The van der Waals surface area contributed by atoms with Gasteiger partial charge in [0.1, 0.15) is 0 Å². The van der Waals surface area contributed by atoms with Crippen molar-refractivity contribution in [3.8, 4) is 0 Å². The van der Waals surface area contributed by atoms with Crippen molar-refractivity contribution in [2.45, 2.75) is 50.7 Å². The summed E-state index contributed by atoms with van der Waals surface area (Å²) < 4.78 is 13.0. The molecule has 2 heterocycles. The Morgan fingerprint density at radius 2 is 1.77 bits per heavy atom. The number of nitrogens with one attached hydrogen (secondary N) is 1. The standard InChI is InChI=1S/C16H18N2O4/c1-16(2)21-12-7-9(8-13(12)22-16)18-14(19)10-5-3-4-6-11(10)17-15(18)20/h3-6,9,12-13H,7-8H2,1-2H3,(H,17,20)/t9?,12-,13+. The number of nitrogens with zero attached hydrogens (tertiary/aromatic N) is 1. The molecule has 6 heteroatoms. The van der Waals surface area contributed by atoms with Gasteiger partial charge in [-0.05, 0) is 38.8 Å². The normalized spacial score (nSPS) is 29.8. The molecule has 1 unspecified atom stereocenters. The van der Waals surface area contributed by atoms with E-state index < -0.39 is 5.79 Å². The van der Waals surface area contributed by atoms with E-state index in [1.54, 1.807) is 24.3 Å². The van der Waals surface area contributed by atoms with Gasteiger partial charge in [-0.15, -0.1) is 0 Å². The minimum absolute atomic E-state index is 0.0576. The molecule has 1 aliphatic heterocycles. The number of rotatable bonds is 1. The highest BCUT2D eigenvalue weighted by molar-refractivity contribution is 5.76. The molecule has 1 saturated carbocycles. The molecule has 2 aromatic rings. The van der Waals surface area contributed by atoms with Crippen LogP contribution < -0.4 is 11.2 Å². The van der Waals surface area contributed by atoms with Gasteiger partial charge in [0, 0.05) is 6.04 Å². The number of para-hydroxylation sites is 1.